The first-order chi connectivity index (χ1) is 10.9. The van der Waals surface area contributed by atoms with Crippen LogP contribution in [0.3, 0.4) is 0 Å². The van der Waals surface area contributed by atoms with E-state index in [0.29, 0.717) is 5.56 Å². The van der Waals surface area contributed by atoms with Crippen molar-refractivity contribution in [2.24, 2.45) is 5.14 Å². The van der Waals surface area contributed by atoms with Crippen LogP contribution >= 0.6 is 0 Å². The lowest BCUT2D eigenvalue weighted by atomic mass is 10.1. The van der Waals surface area contributed by atoms with Crippen LogP contribution in [0.5, 0.6) is 5.75 Å². The van der Waals surface area contributed by atoms with Gasteiger partial charge in [0, 0.05) is 17.4 Å². The van der Waals surface area contributed by atoms with Gasteiger partial charge in [0.15, 0.2) is 0 Å². The van der Waals surface area contributed by atoms with E-state index < -0.39 is 10.0 Å². The number of nitrogens with two attached hydrogens (primary N) is 1. The molecule has 0 saturated heterocycles. The normalized spacial score (nSPS) is 11.6. The quantitative estimate of drug-likeness (QED) is 0.775. The summed E-state index contributed by atoms with van der Waals surface area (Å²) in [4.78, 5) is 0.0641. The molecule has 0 fully saturated rings. The number of phenols is 1. The molecule has 1 heterocycles. The average molecular weight is 328 g/mol. The molecule has 23 heavy (non-hydrogen) atoms. The van der Waals surface area contributed by atoms with Crippen molar-refractivity contribution < 1.29 is 13.5 Å². The molecule has 0 spiro atoms. The maximum Gasteiger partial charge on any atom is 0.238 e. The molecule has 0 aliphatic heterocycles. The van der Waals surface area contributed by atoms with Crippen molar-refractivity contribution in [2.45, 2.75) is 11.8 Å². The van der Waals surface area contributed by atoms with Crippen molar-refractivity contribution in [3.05, 3.63) is 66.4 Å². The molecular weight excluding hydrogens is 312 g/mol. The second-order valence-corrected chi connectivity index (χ2v) is 6.89. The van der Waals surface area contributed by atoms with E-state index in [1.165, 1.54) is 12.1 Å². The highest BCUT2D eigenvalue weighted by atomic mass is 32.2. The zero-order valence-corrected chi connectivity index (χ0v) is 13.3. The smallest absolute Gasteiger partial charge is 0.238 e. The Morgan fingerprint density at radius 3 is 2.30 bits per heavy atom. The van der Waals surface area contributed by atoms with Crippen molar-refractivity contribution >= 4 is 10.0 Å². The fraction of sp³-hybridized carbons (Fsp3) is 0.0588. The molecule has 0 aliphatic carbocycles. The number of sulfonamides is 1. The van der Waals surface area contributed by atoms with E-state index in [1.54, 1.807) is 24.3 Å². The largest absolute Gasteiger partial charge is 0.507 e. The minimum absolute atomic E-state index is 0.0641. The topological polar surface area (TPSA) is 85.3 Å². The van der Waals surface area contributed by atoms with Crippen LogP contribution in [0, 0.1) is 6.92 Å². The van der Waals surface area contributed by atoms with Gasteiger partial charge in [-0.1, -0.05) is 12.1 Å². The molecule has 0 unspecified atom stereocenters. The molecule has 118 valence electrons. The lowest BCUT2D eigenvalue weighted by Gasteiger charge is -2.11. The molecule has 0 atom stereocenters. The summed E-state index contributed by atoms with van der Waals surface area (Å²) in [6.07, 6.45) is 1.92. The van der Waals surface area contributed by atoms with Gasteiger partial charge in [0.25, 0.3) is 0 Å². The number of para-hydroxylation sites is 1. The van der Waals surface area contributed by atoms with Crippen LogP contribution in [0.4, 0.5) is 0 Å². The molecule has 0 aliphatic rings. The first-order valence-corrected chi connectivity index (χ1v) is 8.51. The summed E-state index contributed by atoms with van der Waals surface area (Å²) in [7, 11) is -3.71. The summed E-state index contributed by atoms with van der Waals surface area (Å²) in [6.45, 7) is 1.96. The van der Waals surface area contributed by atoms with E-state index in [-0.39, 0.29) is 10.6 Å². The second-order valence-electron chi connectivity index (χ2n) is 5.33. The molecule has 3 rings (SSSR count). The van der Waals surface area contributed by atoms with Gasteiger partial charge >= 0.3 is 0 Å². The highest BCUT2D eigenvalue weighted by molar-refractivity contribution is 7.89. The third-order valence-electron chi connectivity index (χ3n) is 3.58. The van der Waals surface area contributed by atoms with Crippen LogP contribution in [0.1, 0.15) is 5.56 Å². The lowest BCUT2D eigenvalue weighted by molar-refractivity contribution is 0.477. The Hall–Kier alpha value is -2.57. The van der Waals surface area contributed by atoms with Crippen LogP contribution in [-0.4, -0.2) is 18.1 Å². The predicted octanol–water partition coefficient (Wildman–Crippen LogP) is 2.81. The number of primary sulfonamides is 1. The summed E-state index contributed by atoms with van der Waals surface area (Å²) in [5.74, 6) is 0.188. The third kappa shape index (κ3) is 2.99. The number of nitrogens with zero attached hydrogens (tertiary/aromatic N) is 1. The van der Waals surface area contributed by atoms with E-state index in [0.717, 1.165) is 16.9 Å². The van der Waals surface area contributed by atoms with E-state index in [1.807, 2.05) is 35.9 Å². The summed E-state index contributed by atoms with van der Waals surface area (Å²) in [5, 5.41) is 15.2. The van der Waals surface area contributed by atoms with Crippen molar-refractivity contribution in [3.63, 3.8) is 0 Å². The Labute approximate surface area is 134 Å². The highest BCUT2D eigenvalue weighted by Crippen LogP contribution is 2.32. The minimum atomic E-state index is -3.71. The minimum Gasteiger partial charge on any atom is -0.507 e. The van der Waals surface area contributed by atoms with Gasteiger partial charge in [-0.2, -0.15) is 0 Å². The predicted molar refractivity (Wildman–Crippen MR) is 89.0 cm³/mol. The first kappa shape index (κ1) is 15.3. The molecule has 1 aromatic heterocycles. The molecule has 2 aromatic carbocycles. The number of aryl methyl sites for hydroxylation is 1. The Morgan fingerprint density at radius 2 is 1.70 bits per heavy atom. The Balaban J connectivity index is 2.13. The van der Waals surface area contributed by atoms with Gasteiger partial charge in [-0.3, -0.25) is 0 Å². The fourth-order valence-corrected chi connectivity index (χ4v) is 3.02. The molecule has 0 radical (unpaired) electrons. The van der Waals surface area contributed by atoms with Crippen molar-refractivity contribution in [1.29, 1.82) is 0 Å². The highest BCUT2D eigenvalue weighted by Gasteiger charge is 2.13. The average Bonchev–Trinajstić information content (AvgIpc) is 2.89. The van der Waals surface area contributed by atoms with Gasteiger partial charge in [0.05, 0.1) is 10.6 Å². The number of aromatic nitrogens is 1. The van der Waals surface area contributed by atoms with Crippen molar-refractivity contribution in [2.75, 3.05) is 0 Å². The standard InChI is InChI=1S/C17H16N2O3S/c1-12-10-16(15-4-2-3-5-17(15)20)19(11-12)13-6-8-14(9-7-13)23(18,21)22/h2-11,20H,1H3,(H2,18,21,22). The maximum atomic E-state index is 11.4. The maximum absolute atomic E-state index is 11.4. The van der Waals surface area contributed by atoms with Crippen LogP contribution in [0.15, 0.2) is 65.7 Å². The summed E-state index contributed by atoms with van der Waals surface area (Å²) in [5.41, 5.74) is 3.34. The van der Waals surface area contributed by atoms with Gasteiger partial charge in [0.1, 0.15) is 5.75 Å². The SMILES string of the molecule is Cc1cc(-c2ccccc2O)n(-c2ccc(S(N)(=O)=O)cc2)c1. The van der Waals surface area contributed by atoms with Crippen LogP contribution < -0.4 is 5.14 Å². The molecule has 5 nitrogen and oxygen atoms in total. The van der Waals surface area contributed by atoms with Gasteiger partial charge in [-0.15, -0.1) is 0 Å². The van der Waals surface area contributed by atoms with E-state index in [9.17, 15) is 13.5 Å². The summed E-state index contributed by atoms with van der Waals surface area (Å²) >= 11 is 0. The van der Waals surface area contributed by atoms with Crippen molar-refractivity contribution in [3.8, 4) is 22.7 Å². The van der Waals surface area contributed by atoms with Gasteiger partial charge in [-0.05, 0) is 55.0 Å². The van der Waals surface area contributed by atoms with Gasteiger partial charge in [-0.25, -0.2) is 13.6 Å². The second kappa shape index (κ2) is 5.57. The molecule has 3 aromatic rings. The van der Waals surface area contributed by atoms with E-state index in [2.05, 4.69) is 0 Å². The number of rotatable bonds is 3. The Morgan fingerprint density at radius 1 is 1.04 bits per heavy atom. The third-order valence-corrected chi connectivity index (χ3v) is 4.51. The Bertz CT molecular complexity index is 958. The van der Waals surface area contributed by atoms with Crippen LogP contribution in [0.2, 0.25) is 0 Å². The number of aromatic hydroxyl groups is 1. The summed E-state index contributed by atoms with van der Waals surface area (Å²) < 4.78 is 24.6. The van der Waals surface area contributed by atoms with E-state index >= 15 is 0 Å². The zero-order valence-electron chi connectivity index (χ0n) is 12.5. The van der Waals surface area contributed by atoms with Crippen molar-refractivity contribution in [1.82, 2.24) is 4.57 Å². The number of hydrogen-bond acceptors (Lipinski definition) is 3. The number of benzene rings is 2. The monoisotopic (exact) mass is 328 g/mol. The van der Waals surface area contributed by atoms with Gasteiger partial charge in [0.2, 0.25) is 10.0 Å². The lowest BCUT2D eigenvalue weighted by Crippen LogP contribution is -2.12. The Kier molecular flexibility index (Phi) is 3.71. The zero-order chi connectivity index (χ0) is 16.6. The van der Waals surface area contributed by atoms with Crippen LogP contribution in [-0.2, 0) is 10.0 Å². The van der Waals surface area contributed by atoms with E-state index in [4.69, 9.17) is 5.14 Å². The van der Waals surface area contributed by atoms with Crippen LogP contribution in [0.25, 0.3) is 16.9 Å². The fourth-order valence-electron chi connectivity index (χ4n) is 2.50. The molecule has 0 saturated carbocycles. The molecule has 0 bridgehead atoms. The van der Waals surface area contributed by atoms with Gasteiger partial charge < -0.3 is 9.67 Å². The molecule has 0 amide bonds. The molecule has 3 N–H and O–H groups in total. The summed E-state index contributed by atoms with van der Waals surface area (Å²) in [6, 6.07) is 15.3. The molecular formula is C17H16N2O3S. The number of hydrogen-bond donors (Lipinski definition) is 2. The number of phenolic OH excluding ortho intramolecular Hbond substituents is 1. The molecule has 6 heteroatoms. The first-order valence-electron chi connectivity index (χ1n) is 6.97.